The van der Waals surface area contributed by atoms with Crippen LogP contribution in [0.4, 0.5) is 17.6 Å². The van der Waals surface area contributed by atoms with Crippen molar-refractivity contribution in [2.45, 2.75) is 37.5 Å². The van der Waals surface area contributed by atoms with Crippen LogP contribution in [0.3, 0.4) is 0 Å². The average molecular weight is 411 g/mol. The summed E-state index contributed by atoms with van der Waals surface area (Å²) >= 11 is 0. The second kappa shape index (κ2) is 8.41. The summed E-state index contributed by atoms with van der Waals surface area (Å²) in [5, 5.41) is 9.69. The molecule has 0 saturated carbocycles. The third-order valence-electron chi connectivity index (χ3n) is 5.21. The molecular formula is C21H21F4NO3. The second-order valence-electron chi connectivity index (χ2n) is 6.96. The maximum Gasteiger partial charge on any atom is 0.416 e. The second-order valence-corrected chi connectivity index (χ2v) is 6.96. The van der Waals surface area contributed by atoms with E-state index in [9.17, 15) is 27.5 Å². The molecule has 0 aromatic heterocycles. The molecule has 8 heteroatoms. The molecule has 0 aliphatic carbocycles. The predicted octanol–water partition coefficient (Wildman–Crippen LogP) is 4.88. The molecule has 1 N–H and O–H groups in total. The molecule has 0 bridgehead atoms. The number of nitrogens with zero attached hydrogens (tertiary/aromatic N) is 1. The van der Waals surface area contributed by atoms with Gasteiger partial charge in [-0.15, -0.1) is 0 Å². The van der Waals surface area contributed by atoms with Crippen molar-refractivity contribution in [2.75, 3.05) is 13.7 Å². The van der Waals surface area contributed by atoms with E-state index < -0.39 is 35.6 Å². The lowest BCUT2D eigenvalue weighted by molar-refractivity contribution is -0.145. The summed E-state index contributed by atoms with van der Waals surface area (Å²) < 4.78 is 60.7. The van der Waals surface area contributed by atoms with Gasteiger partial charge in [-0.05, 0) is 49.2 Å². The number of ether oxygens (including phenoxy) is 1. The summed E-state index contributed by atoms with van der Waals surface area (Å²) in [5.74, 6) is -1.56. The first kappa shape index (κ1) is 21.1. The monoisotopic (exact) mass is 411 g/mol. The van der Waals surface area contributed by atoms with Crippen LogP contribution in [0.5, 0.6) is 5.75 Å². The van der Waals surface area contributed by atoms with Gasteiger partial charge in [-0.25, -0.2) is 4.39 Å². The molecule has 0 radical (unpaired) electrons. The van der Waals surface area contributed by atoms with E-state index >= 15 is 0 Å². The van der Waals surface area contributed by atoms with Crippen molar-refractivity contribution < 1.29 is 32.2 Å². The first-order valence-corrected chi connectivity index (χ1v) is 9.22. The van der Waals surface area contributed by atoms with Crippen LogP contribution in [0.15, 0.2) is 42.5 Å². The van der Waals surface area contributed by atoms with Crippen LogP contribution in [-0.4, -0.2) is 35.7 Å². The molecule has 1 aliphatic heterocycles. The van der Waals surface area contributed by atoms with Crippen LogP contribution in [0.1, 0.15) is 42.0 Å². The van der Waals surface area contributed by atoms with Crippen molar-refractivity contribution in [1.29, 1.82) is 0 Å². The third-order valence-corrected chi connectivity index (χ3v) is 5.21. The van der Waals surface area contributed by atoms with E-state index in [1.54, 1.807) is 0 Å². The lowest BCUT2D eigenvalue weighted by Gasteiger charge is -2.40. The van der Waals surface area contributed by atoms with Gasteiger partial charge >= 0.3 is 12.1 Å². The van der Waals surface area contributed by atoms with Crippen LogP contribution in [0.2, 0.25) is 0 Å². The summed E-state index contributed by atoms with van der Waals surface area (Å²) in [4.78, 5) is 13.4. The Labute approximate surface area is 165 Å². The maximum absolute atomic E-state index is 14.1. The normalized spacial score (nSPS) is 19.0. The molecule has 2 atom stereocenters. The van der Waals surface area contributed by atoms with E-state index in [0.29, 0.717) is 19.3 Å². The number of aliphatic carboxylic acids is 1. The van der Waals surface area contributed by atoms with E-state index in [1.807, 2.05) is 0 Å². The van der Waals surface area contributed by atoms with Gasteiger partial charge in [0.25, 0.3) is 0 Å². The molecule has 2 aromatic carbocycles. The van der Waals surface area contributed by atoms with Gasteiger partial charge in [0.15, 0.2) is 0 Å². The zero-order valence-electron chi connectivity index (χ0n) is 15.7. The number of carbonyl (C=O) groups is 1. The highest BCUT2D eigenvalue weighted by Gasteiger charge is 2.41. The minimum absolute atomic E-state index is 0.128. The van der Waals surface area contributed by atoms with E-state index in [-0.39, 0.29) is 23.4 Å². The van der Waals surface area contributed by atoms with Crippen LogP contribution >= 0.6 is 0 Å². The van der Waals surface area contributed by atoms with Gasteiger partial charge in [0, 0.05) is 5.56 Å². The van der Waals surface area contributed by atoms with Crippen molar-refractivity contribution in [1.82, 2.24) is 4.90 Å². The Kier molecular flexibility index (Phi) is 6.12. The van der Waals surface area contributed by atoms with E-state index in [0.717, 1.165) is 18.2 Å². The molecule has 4 nitrogen and oxygen atoms in total. The van der Waals surface area contributed by atoms with E-state index in [4.69, 9.17) is 4.74 Å². The number of likely N-dealkylation sites (tertiary alicyclic amines) is 1. The van der Waals surface area contributed by atoms with Crippen molar-refractivity contribution in [3.05, 3.63) is 65.0 Å². The fourth-order valence-corrected chi connectivity index (χ4v) is 3.97. The molecule has 1 aliphatic rings. The fraction of sp³-hybridized carbons (Fsp3) is 0.381. The Morgan fingerprint density at radius 3 is 2.55 bits per heavy atom. The number of carboxylic acid groups (broad SMARTS) is 1. The molecule has 2 aromatic rings. The summed E-state index contributed by atoms with van der Waals surface area (Å²) in [5.41, 5.74) is -0.847. The fourth-order valence-electron chi connectivity index (χ4n) is 3.97. The summed E-state index contributed by atoms with van der Waals surface area (Å²) in [7, 11) is 1.34. The standard InChI is InChI=1S/C21H21F4NO3/c1-29-18-10-9-13(22)12-15(18)19(26-11-5-4-8-17(26)20(27)28)14-6-2-3-7-16(14)21(23,24)25/h2-3,6-7,9-10,12,17,19H,4-5,8,11H2,1H3,(H,27,28). The maximum atomic E-state index is 14.1. The summed E-state index contributed by atoms with van der Waals surface area (Å²) in [6.07, 6.45) is -3.06. The number of piperidine rings is 1. The Bertz CT molecular complexity index is 884. The zero-order valence-corrected chi connectivity index (χ0v) is 15.7. The molecule has 156 valence electrons. The lowest BCUT2D eigenvalue weighted by atomic mass is 9.88. The number of carboxylic acids is 1. The molecule has 29 heavy (non-hydrogen) atoms. The molecular weight excluding hydrogens is 390 g/mol. The van der Waals surface area contributed by atoms with Crippen molar-refractivity contribution >= 4 is 5.97 Å². The topological polar surface area (TPSA) is 49.8 Å². The summed E-state index contributed by atoms with van der Waals surface area (Å²) in [6.45, 7) is 0.271. The Morgan fingerprint density at radius 2 is 1.90 bits per heavy atom. The smallest absolute Gasteiger partial charge is 0.416 e. The average Bonchev–Trinajstić information content (AvgIpc) is 2.68. The van der Waals surface area contributed by atoms with Crippen LogP contribution in [0, 0.1) is 5.82 Å². The molecule has 0 spiro atoms. The molecule has 1 saturated heterocycles. The minimum Gasteiger partial charge on any atom is -0.496 e. The Morgan fingerprint density at radius 1 is 1.17 bits per heavy atom. The van der Waals surface area contributed by atoms with Gasteiger partial charge in [-0.1, -0.05) is 24.6 Å². The predicted molar refractivity (Wildman–Crippen MR) is 98.2 cm³/mol. The van der Waals surface area contributed by atoms with Gasteiger partial charge in [-0.2, -0.15) is 13.2 Å². The van der Waals surface area contributed by atoms with Gasteiger partial charge in [0.2, 0.25) is 0 Å². The highest BCUT2D eigenvalue weighted by molar-refractivity contribution is 5.74. The zero-order chi connectivity index (χ0) is 21.2. The number of halogens is 4. The highest BCUT2D eigenvalue weighted by Crippen LogP contribution is 2.43. The highest BCUT2D eigenvalue weighted by atomic mass is 19.4. The van der Waals surface area contributed by atoms with Gasteiger partial charge in [0.1, 0.15) is 17.6 Å². The van der Waals surface area contributed by atoms with Gasteiger partial charge in [0.05, 0.1) is 18.7 Å². The van der Waals surface area contributed by atoms with Crippen molar-refractivity contribution in [2.24, 2.45) is 0 Å². The van der Waals surface area contributed by atoms with Crippen LogP contribution in [-0.2, 0) is 11.0 Å². The van der Waals surface area contributed by atoms with E-state index in [1.165, 1.54) is 36.3 Å². The molecule has 3 rings (SSSR count). The quantitative estimate of drug-likeness (QED) is 0.713. The third kappa shape index (κ3) is 4.37. The molecule has 2 unspecified atom stereocenters. The number of hydrogen-bond acceptors (Lipinski definition) is 3. The Balaban J connectivity index is 2.27. The van der Waals surface area contributed by atoms with Gasteiger partial charge < -0.3 is 9.84 Å². The van der Waals surface area contributed by atoms with E-state index in [2.05, 4.69) is 0 Å². The Hall–Kier alpha value is -2.61. The van der Waals surface area contributed by atoms with Crippen LogP contribution < -0.4 is 4.74 Å². The van der Waals surface area contributed by atoms with Gasteiger partial charge in [-0.3, -0.25) is 9.69 Å². The largest absolute Gasteiger partial charge is 0.496 e. The number of alkyl halides is 3. The number of hydrogen-bond donors (Lipinski definition) is 1. The van der Waals surface area contributed by atoms with Crippen LogP contribution in [0.25, 0.3) is 0 Å². The SMILES string of the molecule is COc1ccc(F)cc1C(c1ccccc1C(F)(F)F)N1CCCCC1C(=O)O. The number of benzene rings is 2. The number of methoxy groups -OCH3 is 1. The first-order chi connectivity index (χ1) is 13.7. The molecule has 1 fully saturated rings. The molecule has 1 heterocycles. The minimum atomic E-state index is -4.65. The van der Waals surface area contributed by atoms with Crippen molar-refractivity contribution in [3.63, 3.8) is 0 Å². The van der Waals surface area contributed by atoms with Crippen molar-refractivity contribution in [3.8, 4) is 5.75 Å². The number of rotatable bonds is 5. The summed E-state index contributed by atoms with van der Waals surface area (Å²) in [6, 6.07) is 6.50. The first-order valence-electron chi connectivity index (χ1n) is 9.22. The lowest BCUT2D eigenvalue weighted by Crippen LogP contribution is -2.47. The molecule has 0 amide bonds.